The van der Waals surface area contributed by atoms with Crippen LogP contribution >= 0.6 is 0 Å². The standard InChI is InChI=1S/C14H20N4O/c19-13(17-12-5-1-2-6-12)11-9-15-14(16-10-11)18-7-3-4-8-18/h9-10,12H,1-8H2,(H,17,19). The fourth-order valence-electron chi connectivity index (χ4n) is 2.86. The monoisotopic (exact) mass is 260 g/mol. The van der Waals surface area contributed by atoms with E-state index in [0.717, 1.165) is 31.9 Å². The van der Waals surface area contributed by atoms with E-state index in [0.29, 0.717) is 11.6 Å². The van der Waals surface area contributed by atoms with E-state index in [4.69, 9.17) is 0 Å². The van der Waals surface area contributed by atoms with Gasteiger partial charge in [-0.25, -0.2) is 9.97 Å². The topological polar surface area (TPSA) is 58.1 Å². The molecular formula is C14H20N4O. The summed E-state index contributed by atoms with van der Waals surface area (Å²) in [4.78, 5) is 22.8. The van der Waals surface area contributed by atoms with Crippen LogP contribution in [0.25, 0.3) is 0 Å². The molecule has 0 unspecified atom stereocenters. The van der Waals surface area contributed by atoms with Crippen LogP contribution in [0.15, 0.2) is 12.4 Å². The predicted molar refractivity (Wildman–Crippen MR) is 73.2 cm³/mol. The van der Waals surface area contributed by atoms with Crippen molar-refractivity contribution in [2.24, 2.45) is 0 Å². The molecule has 1 aliphatic heterocycles. The number of carbonyl (C=O) groups excluding carboxylic acids is 1. The summed E-state index contributed by atoms with van der Waals surface area (Å²) in [6, 6.07) is 0.339. The Kier molecular flexibility index (Phi) is 3.62. The molecule has 19 heavy (non-hydrogen) atoms. The van der Waals surface area contributed by atoms with Gasteiger partial charge >= 0.3 is 0 Å². The van der Waals surface area contributed by atoms with Crippen molar-refractivity contribution in [3.05, 3.63) is 18.0 Å². The van der Waals surface area contributed by atoms with Crippen molar-refractivity contribution in [2.45, 2.75) is 44.6 Å². The molecule has 0 radical (unpaired) electrons. The zero-order chi connectivity index (χ0) is 13.1. The highest BCUT2D eigenvalue weighted by atomic mass is 16.1. The number of carbonyl (C=O) groups is 1. The van der Waals surface area contributed by atoms with E-state index in [2.05, 4.69) is 20.2 Å². The predicted octanol–water partition coefficient (Wildman–Crippen LogP) is 1.75. The number of anilines is 1. The van der Waals surface area contributed by atoms with Crippen LogP contribution in [0.1, 0.15) is 48.9 Å². The highest BCUT2D eigenvalue weighted by Crippen LogP contribution is 2.18. The second kappa shape index (κ2) is 5.55. The van der Waals surface area contributed by atoms with Gasteiger partial charge in [-0.1, -0.05) is 12.8 Å². The van der Waals surface area contributed by atoms with Crippen molar-refractivity contribution in [1.82, 2.24) is 15.3 Å². The number of amides is 1. The van der Waals surface area contributed by atoms with Crippen molar-refractivity contribution < 1.29 is 4.79 Å². The molecule has 1 aliphatic carbocycles. The van der Waals surface area contributed by atoms with Crippen LogP contribution in [0.5, 0.6) is 0 Å². The number of rotatable bonds is 3. The Bertz CT molecular complexity index is 433. The summed E-state index contributed by atoms with van der Waals surface area (Å²) in [6.45, 7) is 2.04. The quantitative estimate of drug-likeness (QED) is 0.899. The molecule has 2 fully saturated rings. The Morgan fingerprint density at radius 1 is 1.11 bits per heavy atom. The van der Waals surface area contributed by atoms with Gasteiger partial charge in [0.25, 0.3) is 5.91 Å². The van der Waals surface area contributed by atoms with E-state index in [1.165, 1.54) is 25.7 Å². The summed E-state index contributed by atoms with van der Waals surface area (Å²) in [7, 11) is 0. The van der Waals surface area contributed by atoms with Gasteiger partial charge in [0, 0.05) is 31.5 Å². The average Bonchev–Trinajstić information content (AvgIpc) is 3.12. The molecule has 1 saturated heterocycles. The van der Waals surface area contributed by atoms with Crippen molar-refractivity contribution in [3.63, 3.8) is 0 Å². The molecule has 5 heteroatoms. The smallest absolute Gasteiger partial charge is 0.254 e. The summed E-state index contributed by atoms with van der Waals surface area (Å²) in [5, 5.41) is 3.05. The molecule has 5 nitrogen and oxygen atoms in total. The number of hydrogen-bond acceptors (Lipinski definition) is 4. The normalized spacial score (nSPS) is 19.9. The van der Waals surface area contributed by atoms with Gasteiger partial charge in [-0.05, 0) is 25.7 Å². The lowest BCUT2D eigenvalue weighted by Gasteiger charge is -2.15. The number of aromatic nitrogens is 2. The van der Waals surface area contributed by atoms with E-state index < -0.39 is 0 Å². The number of nitrogens with one attached hydrogen (secondary N) is 1. The molecule has 3 rings (SSSR count). The highest BCUT2D eigenvalue weighted by molar-refractivity contribution is 5.93. The molecule has 1 amide bonds. The fourth-order valence-corrected chi connectivity index (χ4v) is 2.86. The van der Waals surface area contributed by atoms with Gasteiger partial charge in [-0.15, -0.1) is 0 Å². The van der Waals surface area contributed by atoms with Gasteiger partial charge in [0.05, 0.1) is 5.56 Å². The maximum atomic E-state index is 12.0. The first-order valence-corrected chi connectivity index (χ1v) is 7.21. The van der Waals surface area contributed by atoms with E-state index in [9.17, 15) is 4.79 Å². The van der Waals surface area contributed by atoms with Crippen LogP contribution < -0.4 is 10.2 Å². The van der Waals surface area contributed by atoms with Crippen LogP contribution in [-0.4, -0.2) is 35.0 Å². The Morgan fingerprint density at radius 2 is 1.74 bits per heavy atom. The van der Waals surface area contributed by atoms with Crippen LogP contribution in [0.4, 0.5) is 5.95 Å². The Balaban J connectivity index is 1.62. The maximum Gasteiger partial charge on any atom is 0.254 e. The first-order chi connectivity index (χ1) is 9.33. The molecular weight excluding hydrogens is 240 g/mol. The van der Waals surface area contributed by atoms with Crippen LogP contribution in [0, 0.1) is 0 Å². The van der Waals surface area contributed by atoms with E-state index in [1.807, 2.05) is 0 Å². The highest BCUT2D eigenvalue weighted by Gasteiger charge is 2.19. The van der Waals surface area contributed by atoms with E-state index in [1.54, 1.807) is 12.4 Å². The second-order valence-corrected chi connectivity index (χ2v) is 5.42. The van der Waals surface area contributed by atoms with E-state index in [-0.39, 0.29) is 5.91 Å². The lowest BCUT2D eigenvalue weighted by molar-refractivity contribution is 0.0937. The third kappa shape index (κ3) is 2.85. The molecule has 2 aliphatic rings. The molecule has 102 valence electrons. The van der Waals surface area contributed by atoms with Crippen LogP contribution in [-0.2, 0) is 0 Å². The van der Waals surface area contributed by atoms with Gasteiger partial charge in [0.1, 0.15) is 0 Å². The third-order valence-electron chi connectivity index (χ3n) is 3.98. The number of hydrogen-bond donors (Lipinski definition) is 1. The maximum absolute atomic E-state index is 12.0. The molecule has 1 N–H and O–H groups in total. The van der Waals surface area contributed by atoms with E-state index >= 15 is 0 Å². The summed E-state index contributed by atoms with van der Waals surface area (Å²) < 4.78 is 0. The van der Waals surface area contributed by atoms with Crippen molar-refractivity contribution >= 4 is 11.9 Å². The minimum absolute atomic E-state index is 0.0418. The largest absolute Gasteiger partial charge is 0.349 e. The summed E-state index contributed by atoms with van der Waals surface area (Å²) >= 11 is 0. The summed E-state index contributed by atoms with van der Waals surface area (Å²) in [5.41, 5.74) is 0.565. The van der Waals surface area contributed by atoms with Crippen LogP contribution in [0.3, 0.4) is 0 Å². The molecule has 2 heterocycles. The minimum atomic E-state index is -0.0418. The number of nitrogens with zero attached hydrogens (tertiary/aromatic N) is 3. The second-order valence-electron chi connectivity index (χ2n) is 5.42. The van der Waals surface area contributed by atoms with Crippen LogP contribution in [0.2, 0.25) is 0 Å². The first kappa shape index (κ1) is 12.4. The third-order valence-corrected chi connectivity index (χ3v) is 3.98. The zero-order valence-electron chi connectivity index (χ0n) is 11.1. The lowest BCUT2D eigenvalue weighted by atomic mass is 10.2. The zero-order valence-corrected chi connectivity index (χ0v) is 11.1. The Hall–Kier alpha value is -1.65. The van der Waals surface area contributed by atoms with Gasteiger partial charge in [-0.3, -0.25) is 4.79 Å². The first-order valence-electron chi connectivity index (χ1n) is 7.21. The Morgan fingerprint density at radius 3 is 2.37 bits per heavy atom. The molecule has 1 saturated carbocycles. The SMILES string of the molecule is O=C(NC1CCCC1)c1cnc(N2CCCC2)nc1. The fraction of sp³-hybridized carbons (Fsp3) is 0.643. The van der Waals surface area contributed by atoms with Gasteiger partial charge in [0.2, 0.25) is 5.95 Å². The molecule has 0 aromatic carbocycles. The van der Waals surface area contributed by atoms with Gasteiger partial charge in [-0.2, -0.15) is 0 Å². The van der Waals surface area contributed by atoms with Crippen molar-refractivity contribution in [2.75, 3.05) is 18.0 Å². The van der Waals surface area contributed by atoms with Crippen molar-refractivity contribution in [3.8, 4) is 0 Å². The lowest BCUT2D eigenvalue weighted by Crippen LogP contribution is -2.32. The molecule has 1 aromatic heterocycles. The average molecular weight is 260 g/mol. The van der Waals surface area contributed by atoms with Gasteiger partial charge < -0.3 is 10.2 Å². The molecule has 1 aromatic rings. The minimum Gasteiger partial charge on any atom is -0.349 e. The van der Waals surface area contributed by atoms with Gasteiger partial charge in [0.15, 0.2) is 0 Å². The molecule has 0 atom stereocenters. The summed E-state index contributed by atoms with van der Waals surface area (Å²) in [5.74, 6) is 0.704. The van der Waals surface area contributed by atoms with Crippen molar-refractivity contribution in [1.29, 1.82) is 0 Å². The summed E-state index contributed by atoms with van der Waals surface area (Å²) in [6.07, 6.45) is 10.3. The molecule has 0 spiro atoms. The molecule has 0 bridgehead atoms. The Labute approximate surface area is 113 Å².